The molecule has 0 fully saturated rings. The molecule has 0 aliphatic heterocycles. The van der Waals surface area contributed by atoms with Crippen LogP contribution in [0.5, 0.6) is 0 Å². The molecule has 4 aromatic rings. The molecule has 0 saturated carbocycles. The summed E-state index contributed by atoms with van der Waals surface area (Å²) in [4.78, 5) is 11.6. The van der Waals surface area contributed by atoms with Crippen molar-refractivity contribution in [3.05, 3.63) is 112 Å². The summed E-state index contributed by atoms with van der Waals surface area (Å²) in [7, 11) is -1.50. The molecule has 1 radical (unpaired) electrons. The molecule has 0 bridgehead atoms. The van der Waals surface area contributed by atoms with Crippen molar-refractivity contribution in [1.29, 1.82) is 0 Å². The summed E-state index contributed by atoms with van der Waals surface area (Å²) < 4.78 is 8.41. The number of hydrogen-bond acceptors (Lipinski definition) is 2. The van der Waals surface area contributed by atoms with Crippen molar-refractivity contribution in [3.63, 3.8) is 0 Å². The van der Waals surface area contributed by atoms with Crippen LogP contribution in [0.1, 0.15) is 42.4 Å². The summed E-state index contributed by atoms with van der Waals surface area (Å²) in [6.45, 7) is 6.55. The first-order valence-electron chi connectivity index (χ1n) is 11.1. The summed E-state index contributed by atoms with van der Waals surface area (Å²) in [5, 5.41) is 3.46. The van der Waals surface area contributed by atoms with Gasteiger partial charge in [-0.1, -0.05) is 105 Å². The van der Waals surface area contributed by atoms with Crippen molar-refractivity contribution < 1.29 is 9.22 Å². The van der Waals surface area contributed by atoms with Crippen LogP contribution in [0.15, 0.2) is 85.1 Å². The Morgan fingerprint density at radius 1 is 0.882 bits per heavy atom. The van der Waals surface area contributed by atoms with Gasteiger partial charge in [-0.25, -0.2) is 0 Å². The van der Waals surface area contributed by atoms with E-state index in [1.807, 2.05) is 54.7 Å². The Hall–Kier alpha value is -2.63. The molecule has 0 aliphatic rings. The second-order valence-electron chi connectivity index (χ2n) is 9.08. The lowest BCUT2D eigenvalue weighted by atomic mass is 9.85. The van der Waals surface area contributed by atoms with Crippen molar-refractivity contribution in [2.75, 3.05) is 0 Å². The number of benzene rings is 3. The normalized spacial score (nSPS) is 11.7. The van der Waals surface area contributed by atoms with E-state index in [0.29, 0.717) is 22.3 Å². The molecule has 0 amide bonds. The van der Waals surface area contributed by atoms with Gasteiger partial charge in [-0.15, -0.1) is 0 Å². The summed E-state index contributed by atoms with van der Waals surface area (Å²) in [6.07, 6.45) is 2.66. The molecule has 4 rings (SSSR count). The van der Waals surface area contributed by atoms with Crippen LogP contribution in [-0.4, -0.2) is 19.9 Å². The number of carbonyl (C=O) groups is 1. The molecule has 1 heterocycles. The summed E-state index contributed by atoms with van der Waals surface area (Å²) in [5.74, 6) is 0. The van der Waals surface area contributed by atoms with Crippen molar-refractivity contribution >= 4 is 48.9 Å². The fraction of sp³-hybridized carbons (Fsp3) is 0.179. The van der Waals surface area contributed by atoms with Crippen molar-refractivity contribution in [1.82, 2.24) is 4.57 Å². The first-order chi connectivity index (χ1) is 16.3. The van der Waals surface area contributed by atoms with Gasteiger partial charge in [0, 0.05) is 6.20 Å². The highest BCUT2D eigenvalue weighted by Gasteiger charge is 2.27. The zero-order chi connectivity index (χ0) is 24.3. The summed E-state index contributed by atoms with van der Waals surface area (Å²) >= 11 is 13.8. The monoisotopic (exact) mass is 506 g/mol. The van der Waals surface area contributed by atoms with E-state index in [1.54, 1.807) is 10.6 Å². The summed E-state index contributed by atoms with van der Waals surface area (Å²) in [5.41, 5.74) is 2.61. The lowest BCUT2D eigenvalue weighted by molar-refractivity contribution is 0.111. The van der Waals surface area contributed by atoms with Crippen molar-refractivity contribution in [3.8, 4) is 5.69 Å². The predicted octanol–water partition coefficient (Wildman–Crippen LogP) is 6.22. The van der Waals surface area contributed by atoms with Crippen LogP contribution in [0.4, 0.5) is 0 Å². The van der Waals surface area contributed by atoms with Crippen LogP contribution in [0.3, 0.4) is 0 Å². The van der Waals surface area contributed by atoms with Crippen LogP contribution in [0.2, 0.25) is 10.0 Å². The minimum atomic E-state index is -1.50. The Labute approximate surface area is 212 Å². The van der Waals surface area contributed by atoms with Crippen LogP contribution < -0.4 is 10.4 Å². The number of carbonyl (C=O) groups excluding carboxylic acids is 1. The number of halogens is 2. The summed E-state index contributed by atoms with van der Waals surface area (Å²) in [6, 6.07) is 26.1. The molecule has 1 aromatic heterocycles. The van der Waals surface area contributed by atoms with Gasteiger partial charge in [-0.05, 0) is 45.1 Å². The molecule has 173 valence electrons. The van der Waals surface area contributed by atoms with Gasteiger partial charge < -0.3 is 8.99 Å². The van der Waals surface area contributed by atoms with Gasteiger partial charge in [0.15, 0.2) is 6.29 Å². The fourth-order valence-corrected chi connectivity index (χ4v) is 7.00. The van der Waals surface area contributed by atoms with Crippen LogP contribution in [0.25, 0.3) is 5.69 Å². The molecule has 0 spiro atoms. The minimum Gasteiger partial charge on any atom is -0.403 e. The second kappa shape index (κ2) is 10.3. The molecule has 0 atom stereocenters. The van der Waals surface area contributed by atoms with E-state index in [4.69, 9.17) is 27.6 Å². The first-order valence-corrected chi connectivity index (χ1v) is 13.2. The van der Waals surface area contributed by atoms with E-state index in [1.165, 1.54) is 0 Å². The van der Waals surface area contributed by atoms with Crippen molar-refractivity contribution in [2.24, 2.45) is 0 Å². The Kier molecular flexibility index (Phi) is 7.44. The van der Waals surface area contributed by atoms with E-state index in [2.05, 4.69) is 45.0 Å². The van der Waals surface area contributed by atoms with Gasteiger partial charge >= 0.3 is 0 Å². The maximum atomic E-state index is 11.6. The van der Waals surface area contributed by atoms with E-state index in [0.717, 1.165) is 33.5 Å². The molecule has 34 heavy (non-hydrogen) atoms. The Morgan fingerprint density at radius 3 is 2.00 bits per heavy atom. The molecule has 0 unspecified atom stereocenters. The van der Waals surface area contributed by atoms with Crippen molar-refractivity contribution in [2.45, 2.75) is 32.8 Å². The molecule has 3 nitrogen and oxygen atoms in total. The zero-order valence-electron chi connectivity index (χ0n) is 19.4. The highest BCUT2D eigenvalue weighted by atomic mass is 35.5. The highest BCUT2D eigenvalue weighted by Crippen LogP contribution is 2.41. The van der Waals surface area contributed by atoms with Gasteiger partial charge in [0.05, 0.1) is 28.0 Å². The molecule has 0 N–H and O–H groups in total. The Balaban J connectivity index is 1.79. The molecule has 6 heteroatoms. The highest BCUT2D eigenvalue weighted by molar-refractivity contribution is 6.80. The van der Waals surface area contributed by atoms with Gasteiger partial charge in [0.25, 0.3) is 9.04 Å². The standard InChI is InChI=1S/C28H26Cl2NO2Si/c1-28(2,3)25-26(29)20(17-24(27(25)30)31-16-10-11-21(31)18-32)19-33-34(22-12-6-4-7-13-22)23-14-8-5-9-15-23/h4-18H,19H2,1-3H3. The van der Waals surface area contributed by atoms with E-state index >= 15 is 0 Å². The smallest absolute Gasteiger partial charge is 0.283 e. The number of nitrogens with zero attached hydrogens (tertiary/aromatic N) is 1. The number of aromatic nitrogens is 1. The maximum Gasteiger partial charge on any atom is 0.283 e. The minimum absolute atomic E-state index is 0.305. The molecular formula is C28H26Cl2NO2Si. The quantitative estimate of drug-likeness (QED) is 0.220. The lowest BCUT2D eigenvalue weighted by Gasteiger charge is -2.27. The number of rotatable bonds is 7. The van der Waals surface area contributed by atoms with Gasteiger partial charge in [0.1, 0.15) is 0 Å². The predicted molar refractivity (Wildman–Crippen MR) is 143 cm³/mol. The fourth-order valence-electron chi connectivity index (χ4n) is 3.99. The van der Waals surface area contributed by atoms with Crippen LogP contribution in [-0.2, 0) is 16.4 Å². The Morgan fingerprint density at radius 2 is 1.47 bits per heavy atom. The third-order valence-electron chi connectivity index (χ3n) is 5.61. The lowest BCUT2D eigenvalue weighted by Crippen LogP contribution is -2.44. The van der Waals surface area contributed by atoms with E-state index in [-0.39, 0.29) is 5.41 Å². The maximum absolute atomic E-state index is 11.6. The average Bonchev–Trinajstić information content (AvgIpc) is 3.30. The molecular weight excluding hydrogens is 481 g/mol. The third kappa shape index (κ3) is 5.06. The molecule has 0 aliphatic carbocycles. The SMILES string of the molecule is CC(C)(C)c1c(Cl)c(CO[Si](c2ccccc2)c2ccccc2)cc(-n2cccc2C=O)c1Cl. The molecule has 3 aromatic carbocycles. The molecule has 0 saturated heterocycles. The number of hydrogen-bond donors (Lipinski definition) is 0. The first kappa shape index (κ1) is 24.5. The van der Waals surface area contributed by atoms with E-state index < -0.39 is 9.04 Å². The average molecular weight is 508 g/mol. The number of aldehydes is 1. The Bertz CT molecular complexity index is 1240. The van der Waals surface area contributed by atoms with E-state index in [9.17, 15) is 4.79 Å². The topological polar surface area (TPSA) is 31.2 Å². The zero-order valence-corrected chi connectivity index (χ0v) is 21.9. The van der Waals surface area contributed by atoms with Crippen LogP contribution >= 0.6 is 23.2 Å². The largest absolute Gasteiger partial charge is 0.403 e. The van der Waals surface area contributed by atoms with Gasteiger partial charge in [0.2, 0.25) is 0 Å². The van der Waals surface area contributed by atoms with Gasteiger partial charge in [-0.2, -0.15) is 0 Å². The third-order valence-corrected chi connectivity index (χ3v) is 8.57. The van der Waals surface area contributed by atoms with Gasteiger partial charge in [-0.3, -0.25) is 4.79 Å². The second-order valence-corrected chi connectivity index (χ2v) is 11.9. The van der Waals surface area contributed by atoms with Crippen LogP contribution in [0, 0.1) is 0 Å².